The second kappa shape index (κ2) is 12.6. The fourth-order valence-corrected chi connectivity index (χ4v) is 6.14. The first kappa shape index (κ1) is 28.2. The Morgan fingerprint density at radius 3 is 1.49 bits per heavy atom. The number of anilines is 3. The van der Waals surface area contributed by atoms with Crippen molar-refractivity contribution in [2.24, 2.45) is 0 Å². The lowest BCUT2D eigenvalue weighted by Gasteiger charge is -2.25. The largest absolute Gasteiger partial charge is 0.311 e. The summed E-state index contributed by atoms with van der Waals surface area (Å²) >= 11 is 0. The monoisotopic (exact) mass is 601 g/mol. The molecule has 1 aromatic heterocycles. The van der Waals surface area contributed by atoms with Crippen LogP contribution < -0.4 is 4.90 Å². The van der Waals surface area contributed by atoms with Crippen LogP contribution in [0.5, 0.6) is 0 Å². The number of nitrogens with zero attached hydrogens (tertiary/aromatic N) is 3. The molecule has 0 aliphatic rings. The number of para-hydroxylation sites is 2. The molecule has 0 aliphatic heterocycles. The van der Waals surface area contributed by atoms with Crippen LogP contribution in [0, 0.1) is 0 Å². The quantitative estimate of drug-likeness (QED) is 0.182. The Bertz CT molecular complexity index is 2220. The van der Waals surface area contributed by atoms with Gasteiger partial charge in [0.05, 0.1) is 11.4 Å². The van der Waals surface area contributed by atoms with Crippen molar-refractivity contribution in [2.45, 2.75) is 0 Å². The molecular weight excluding hydrogens is 571 g/mol. The summed E-state index contributed by atoms with van der Waals surface area (Å²) in [5.74, 6) is 0.715. The molecule has 1 heterocycles. The maximum absolute atomic E-state index is 5.07. The van der Waals surface area contributed by atoms with E-state index < -0.39 is 0 Å². The van der Waals surface area contributed by atoms with Gasteiger partial charge >= 0.3 is 0 Å². The molecule has 0 saturated heterocycles. The Morgan fingerprint density at radius 1 is 0.340 bits per heavy atom. The van der Waals surface area contributed by atoms with Crippen LogP contribution in [0.4, 0.5) is 17.1 Å². The number of rotatable bonds is 7. The molecule has 0 N–H and O–H groups in total. The van der Waals surface area contributed by atoms with Gasteiger partial charge in [0.15, 0.2) is 5.82 Å². The van der Waals surface area contributed by atoms with Crippen molar-refractivity contribution in [2.75, 3.05) is 4.90 Å². The molecule has 0 unspecified atom stereocenters. The van der Waals surface area contributed by atoms with Crippen molar-refractivity contribution < 1.29 is 0 Å². The van der Waals surface area contributed by atoms with Crippen LogP contribution in [-0.4, -0.2) is 9.97 Å². The number of fused-ring (bicyclic) bond motifs is 1. The maximum Gasteiger partial charge on any atom is 0.160 e. The zero-order valence-electron chi connectivity index (χ0n) is 25.7. The normalized spacial score (nSPS) is 11.0. The Hall–Kier alpha value is -6.32. The fraction of sp³-hybridized carbons (Fsp3) is 0. The molecule has 0 spiro atoms. The molecule has 7 aromatic carbocycles. The summed E-state index contributed by atoms with van der Waals surface area (Å²) in [6, 6.07) is 65.6. The highest BCUT2D eigenvalue weighted by molar-refractivity contribution is 5.96. The third kappa shape index (κ3) is 5.79. The van der Waals surface area contributed by atoms with E-state index in [1.165, 1.54) is 10.8 Å². The predicted molar refractivity (Wildman–Crippen MR) is 196 cm³/mol. The summed E-state index contributed by atoms with van der Waals surface area (Å²) < 4.78 is 0. The van der Waals surface area contributed by atoms with Gasteiger partial charge in [-0.3, -0.25) is 0 Å². The van der Waals surface area contributed by atoms with E-state index in [0.717, 1.165) is 56.3 Å². The van der Waals surface area contributed by atoms with E-state index in [9.17, 15) is 0 Å². The fourth-order valence-electron chi connectivity index (χ4n) is 6.14. The minimum Gasteiger partial charge on any atom is -0.311 e. The number of hydrogen-bond donors (Lipinski definition) is 0. The highest BCUT2D eigenvalue weighted by Gasteiger charge is 2.14. The number of hydrogen-bond acceptors (Lipinski definition) is 3. The van der Waals surface area contributed by atoms with E-state index in [1.54, 1.807) is 0 Å². The van der Waals surface area contributed by atoms with E-state index in [4.69, 9.17) is 9.97 Å². The van der Waals surface area contributed by atoms with E-state index in [-0.39, 0.29) is 0 Å². The molecule has 0 amide bonds. The third-order valence-electron chi connectivity index (χ3n) is 8.49. The number of benzene rings is 7. The molecule has 8 aromatic rings. The van der Waals surface area contributed by atoms with Crippen LogP contribution in [-0.2, 0) is 0 Å². The molecule has 47 heavy (non-hydrogen) atoms. The van der Waals surface area contributed by atoms with Crippen LogP contribution in [0.25, 0.3) is 55.8 Å². The van der Waals surface area contributed by atoms with Crippen molar-refractivity contribution in [1.82, 2.24) is 9.97 Å². The summed E-state index contributed by atoms with van der Waals surface area (Å²) in [6.45, 7) is 0. The molecular formula is C44H31N3. The zero-order valence-corrected chi connectivity index (χ0v) is 25.7. The van der Waals surface area contributed by atoms with Crippen molar-refractivity contribution in [1.29, 1.82) is 0 Å². The van der Waals surface area contributed by atoms with Crippen LogP contribution in [0.1, 0.15) is 0 Å². The van der Waals surface area contributed by atoms with Crippen LogP contribution in [0.2, 0.25) is 0 Å². The average Bonchev–Trinajstić information content (AvgIpc) is 3.16. The van der Waals surface area contributed by atoms with E-state index in [1.807, 2.05) is 30.3 Å². The topological polar surface area (TPSA) is 29.0 Å². The first-order chi connectivity index (χ1) is 23.3. The van der Waals surface area contributed by atoms with Gasteiger partial charge < -0.3 is 4.90 Å². The molecule has 3 nitrogen and oxygen atoms in total. The van der Waals surface area contributed by atoms with E-state index in [0.29, 0.717) is 5.82 Å². The molecule has 3 heteroatoms. The van der Waals surface area contributed by atoms with Gasteiger partial charge in [-0.2, -0.15) is 0 Å². The second-order valence-electron chi connectivity index (χ2n) is 11.5. The lowest BCUT2D eigenvalue weighted by Crippen LogP contribution is -2.09. The summed E-state index contributed by atoms with van der Waals surface area (Å²) in [5.41, 5.74) is 10.6. The van der Waals surface area contributed by atoms with Crippen molar-refractivity contribution in [3.63, 3.8) is 0 Å². The lowest BCUT2D eigenvalue weighted by molar-refractivity contribution is 1.18. The first-order valence-corrected chi connectivity index (χ1v) is 15.8. The molecule has 8 rings (SSSR count). The first-order valence-electron chi connectivity index (χ1n) is 15.8. The summed E-state index contributed by atoms with van der Waals surface area (Å²) in [7, 11) is 0. The Labute approximate surface area is 275 Å². The molecule has 0 saturated carbocycles. The third-order valence-corrected chi connectivity index (χ3v) is 8.49. The second-order valence-corrected chi connectivity index (χ2v) is 11.5. The SMILES string of the molecule is c1ccc(-c2nc(-c3ccc(-c4ccc(N(c5ccccc5)c5ccccc5)cc4)cc3)cc(-c3cccc4ccccc34)n2)cc1. The summed E-state index contributed by atoms with van der Waals surface area (Å²) in [4.78, 5) is 12.4. The minimum atomic E-state index is 0.715. The molecule has 0 bridgehead atoms. The lowest BCUT2D eigenvalue weighted by atomic mass is 9.99. The minimum absolute atomic E-state index is 0.715. The summed E-state index contributed by atoms with van der Waals surface area (Å²) in [5, 5.41) is 2.37. The average molecular weight is 602 g/mol. The van der Waals surface area contributed by atoms with Crippen LogP contribution in [0.15, 0.2) is 188 Å². The Balaban J connectivity index is 1.14. The Kier molecular flexibility index (Phi) is 7.54. The standard InChI is InChI=1S/C44H31N3/c1-4-14-36(15-5-1)44-45-42(31-43(46-44)41-22-12-16-34-13-10-11-21-40(34)41)35-25-23-32(24-26-35)33-27-29-39(30-28-33)47(37-17-6-2-7-18-37)38-19-8-3-9-20-38/h1-31H. The zero-order chi connectivity index (χ0) is 31.4. The molecule has 0 fully saturated rings. The van der Waals surface area contributed by atoms with Crippen LogP contribution >= 0.6 is 0 Å². The van der Waals surface area contributed by atoms with Gasteiger partial charge in [0, 0.05) is 33.8 Å². The van der Waals surface area contributed by atoms with Crippen LogP contribution in [0.3, 0.4) is 0 Å². The van der Waals surface area contributed by atoms with E-state index >= 15 is 0 Å². The van der Waals surface area contributed by atoms with Gasteiger partial charge in [0.25, 0.3) is 0 Å². The maximum atomic E-state index is 5.07. The highest BCUT2D eigenvalue weighted by Crippen LogP contribution is 2.36. The smallest absolute Gasteiger partial charge is 0.160 e. The predicted octanol–water partition coefficient (Wildman–Crippen LogP) is 11.8. The number of aromatic nitrogens is 2. The molecule has 0 aliphatic carbocycles. The Morgan fingerprint density at radius 2 is 0.830 bits per heavy atom. The molecule has 0 atom stereocenters. The molecule has 0 radical (unpaired) electrons. The van der Waals surface area contributed by atoms with Gasteiger partial charge in [-0.05, 0) is 64.4 Å². The van der Waals surface area contributed by atoms with Gasteiger partial charge in [-0.25, -0.2) is 9.97 Å². The molecule has 222 valence electrons. The summed E-state index contributed by atoms with van der Waals surface area (Å²) in [6.07, 6.45) is 0. The van der Waals surface area contributed by atoms with Crippen molar-refractivity contribution >= 4 is 27.8 Å². The highest BCUT2D eigenvalue weighted by atomic mass is 15.1. The van der Waals surface area contributed by atoms with Crippen molar-refractivity contribution in [3.8, 4) is 45.0 Å². The van der Waals surface area contributed by atoms with Gasteiger partial charge in [-0.15, -0.1) is 0 Å². The van der Waals surface area contributed by atoms with Gasteiger partial charge in [0.2, 0.25) is 0 Å². The van der Waals surface area contributed by atoms with Crippen molar-refractivity contribution in [3.05, 3.63) is 188 Å². The van der Waals surface area contributed by atoms with Gasteiger partial charge in [0.1, 0.15) is 0 Å². The van der Waals surface area contributed by atoms with E-state index in [2.05, 4.69) is 163 Å². The van der Waals surface area contributed by atoms with Gasteiger partial charge in [-0.1, -0.05) is 146 Å².